The first-order chi connectivity index (χ1) is 8.78. The normalized spacial score (nSPS) is 26.3. The Bertz CT molecular complexity index is 226. The van der Waals surface area contributed by atoms with Crippen LogP contribution in [0.4, 0.5) is 0 Å². The number of nitrogens with zero attached hydrogens (tertiary/aromatic N) is 2. The molecule has 5 heteroatoms. The van der Waals surface area contributed by atoms with Crippen LogP contribution in [0.2, 0.25) is 0 Å². The summed E-state index contributed by atoms with van der Waals surface area (Å²) in [7, 11) is 1.79. The Labute approximate surface area is 110 Å². The van der Waals surface area contributed by atoms with Gasteiger partial charge in [-0.05, 0) is 12.8 Å². The van der Waals surface area contributed by atoms with E-state index >= 15 is 0 Å². The van der Waals surface area contributed by atoms with Gasteiger partial charge in [0, 0.05) is 46.4 Å². The molecule has 0 aromatic rings. The van der Waals surface area contributed by atoms with Crippen LogP contribution in [-0.2, 0) is 9.47 Å². The van der Waals surface area contributed by atoms with Gasteiger partial charge in [0.05, 0.1) is 25.4 Å². The van der Waals surface area contributed by atoms with Crippen molar-refractivity contribution >= 4 is 0 Å². The first-order valence-corrected chi connectivity index (χ1v) is 7.01. The molecule has 2 aliphatic heterocycles. The van der Waals surface area contributed by atoms with E-state index in [9.17, 15) is 5.11 Å². The molecule has 18 heavy (non-hydrogen) atoms. The number of piperidine rings is 1. The monoisotopic (exact) mass is 258 g/mol. The topological polar surface area (TPSA) is 45.2 Å². The maximum atomic E-state index is 10.1. The minimum atomic E-state index is -0.248. The molecule has 106 valence electrons. The van der Waals surface area contributed by atoms with E-state index in [1.54, 1.807) is 7.11 Å². The van der Waals surface area contributed by atoms with Crippen molar-refractivity contribution in [1.82, 2.24) is 9.80 Å². The maximum absolute atomic E-state index is 10.1. The van der Waals surface area contributed by atoms with Crippen LogP contribution in [0.5, 0.6) is 0 Å². The van der Waals surface area contributed by atoms with E-state index < -0.39 is 0 Å². The van der Waals surface area contributed by atoms with Gasteiger partial charge in [-0.3, -0.25) is 4.90 Å². The molecule has 0 aliphatic carbocycles. The molecule has 2 saturated heterocycles. The van der Waals surface area contributed by atoms with Crippen molar-refractivity contribution in [1.29, 1.82) is 0 Å². The summed E-state index contributed by atoms with van der Waals surface area (Å²) >= 11 is 0. The summed E-state index contributed by atoms with van der Waals surface area (Å²) in [6, 6.07) is 0. The van der Waals surface area contributed by atoms with Gasteiger partial charge in [-0.15, -0.1) is 0 Å². The van der Waals surface area contributed by atoms with Crippen molar-refractivity contribution in [2.45, 2.75) is 25.0 Å². The van der Waals surface area contributed by atoms with Gasteiger partial charge in [0.15, 0.2) is 0 Å². The van der Waals surface area contributed by atoms with Gasteiger partial charge < -0.3 is 19.5 Å². The summed E-state index contributed by atoms with van der Waals surface area (Å²) < 4.78 is 10.7. The highest BCUT2D eigenvalue weighted by Gasteiger charge is 2.22. The average Bonchev–Trinajstić information content (AvgIpc) is 2.40. The fraction of sp³-hybridized carbons (Fsp3) is 1.00. The number of methoxy groups -OCH3 is 1. The van der Waals surface area contributed by atoms with Gasteiger partial charge in [-0.1, -0.05) is 0 Å². The molecule has 1 unspecified atom stereocenters. The lowest BCUT2D eigenvalue weighted by Gasteiger charge is -2.34. The number of likely N-dealkylation sites (tertiary alicyclic amines) is 1. The van der Waals surface area contributed by atoms with Crippen molar-refractivity contribution in [3.8, 4) is 0 Å². The third kappa shape index (κ3) is 4.48. The quantitative estimate of drug-likeness (QED) is 0.739. The molecule has 0 spiro atoms. The van der Waals surface area contributed by atoms with Crippen molar-refractivity contribution in [3.63, 3.8) is 0 Å². The summed E-state index contributed by atoms with van der Waals surface area (Å²) in [5, 5.41) is 10.1. The second kappa shape index (κ2) is 7.40. The van der Waals surface area contributed by atoms with E-state index in [1.807, 2.05) is 0 Å². The fourth-order valence-electron chi connectivity index (χ4n) is 2.77. The fourth-order valence-corrected chi connectivity index (χ4v) is 2.77. The lowest BCUT2D eigenvalue weighted by atomic mass is 10.1. The molecule has 2 fully saturated rings. The molecule has 0 aromatic heterocycles. The Balaban J connectivity index is 1.63. The summed E-state index contributed by atoms with van der Waals surface area (Å²) in [6.45, 7) is 7.13. The van der Waals surface area contributed by atoms with Crippen LogP contribution in [0.15, 0.2) is 0 Å². The molecule has 2 aliphatic rings. The molecule has 2 heterocycles. The molecular weight excluding hydrogens is 232 g/mol. The molecular formula is C13H26N2O3. The first kappa shape index (κ1) is 14.2. The van der Waals surface area contributed by atoms with Crippen molar-refractivity contribution in [2.24, 2.45) is 0 Å². The van der Waals surface area contributed by atoms with Crippen molar-refractivity contribution in [2.75, 3.05) is 59.6 Å². The van der Waals surface area contributed by atoms with Crippen molar-refractivity contribution < 1.29 is 14.6 Å². The zero-order valence-electron chi connectivity index (χ0n) is 11.4. The van der Waals surface area contributed by atoms with Crippen LogP contribution in [0, 0.1) is 0 Å². The minimum absolute atomic E-state index is 0.248. The van der Waals surface area contributed by atoms with Crippen molar-refractivity contribution in [3.05, 3.63) is 0 Å². The predicted octanol–water partition coefficient (Wildman–Crippen LogP) is -0.210. The molecule has 0 saturated carbocycles. The minimum Gasteiger partial charge on any atom is -0.390 e. The number of hydrogen-bond donors (Lipinski definition) is 1. The van der Waals surface area contributed by atoms with Crippen LogP contribution in [0.1, 0.15) is 12.8 Å². The highest BCUT2D eigenvalue weighted by atomic mass is 16.5. The molecule has 2 rings (SSSR count). The van der Waals surface area contributed by atoms with E-state index in [2.05, 4.69) is 9.80 Å². The second-order valence-corrected chi connectivity index (χ2v) is 5.30. The Hall–Kier alpha value is -0.200. The molecule has 0 radical (unpaired) electrons. The Morgan fingerprint density at radius 2 is 1.67 bits per heavy atom. The van der Waals surface area contributed by atoms with Gasteiger partial charge in [-0.2, -0.15) is 0 Å². The molecule has 0 amide bonds. The summed E-state index contributed by atoms with van der Waals surface area (Å²) in [4.78, 5) is 4.64. The number of aliphatic hydroxyl groups is 1. The molecule has 1 atom stereocenters. The van der Waals surface area contributed by atoms with E-state index in [1.165, 1.54) is 0 Å². The smallest absolute Gasteiger partial charge is 0.0793 e. The van der Waals surface area contributed by atoms with Gasteiger partial charge in [0.1, 0.15) is 0 Å². The summed E-state index contributed by atoms with van der Waals surface area (Å²) in [6.07, 6.45) is 2.33. The number of morpholine rings is 1. The summed E-state index contributed by atoms with van der Waals surface area (Å²) in [5.41, 5.74) is 0. The zero-order chi connectivity index (χ0) is 12.8. The van der Waals surface area contributed by atoms with Gasteiger partial charge in [0.2, 0.25) is 0 Å². The van der Waals surface area contributed by atoms with Gasteiger partial charge in [-0.25, -0.2) is 0 Å². The number of β-amino-alcohol motifs (C(OH)–C–C–N with tert-alkyl or cyclic N) is 1. The predicted molar refractivity (Wildman–Crippen MR) is 69.7 cm³/mol. The van der Waals surface area contributed by atoms with E-state index in [0.717, 1.165) is 65.3 Å². The number of aliphatic hydroxyl groups excluding tert-OH is 1. The molecule has 0 aromatic carbocycles. The molecule has 1 N–H and O–H groups in total. The molecule has 5 nitrogen and oxygen atoms in total. The highest BCUT2D eigenvalue weighted by Crippen LogP contribution is 2.13. The third-order valence-electron chi connectivity index (χ3n) is 3.91. The van der Waals surface area contributed by atoms with Crippen LogP contribution < -0.4 is 0 Å². The Morgan fingerprint density at radius 3 is 2.22 bits per heavy atom. The Kier molecular flexibility index (Phi) is 5.85. The summed E-state index contributed by atoms with van der Waals surface area (Å²) in [5.74, 6) is 0. The number of rotatable bonds is 5. The van der Waals surface area contributed by atoms with E-state index in [0.29, 0.717) is 6.10 Å². The standard InChI is InChI=1S/C13H26N2O3/c1-17-13-2-4-14(5-3-13)10-12(16)11-15-6-8-18-9-7-15/h12-13,16H,2-11H2,1H3. The lowest BCUT2D eigenvalue weighted by molar-refractivity contribution is -0.00477. The Morgan fingerprint density at radius 1 is 1.11 bits per heavy atom. The second-order valence-electron chi connectivity index (χ2n) is 5.30. The largest absolute Gasteiger partial charge is 0.390 e. The van der Waals surface area contributed by atoms with Gasteiger partial charge >= 0.3 is 0 Å². The molecule has 0 bridgehead atoms. The van der Waals surface area contributed by atoms with Crippen LogP contribution in [0.25, 0.3) is 0 Å². The highest BCUT2D eigenvalue weighted by molar-refractivity contribution is 4.76. The SMILES string of the molecule is COC1CCN(CC(O)CN2CCOCC2)CC1. The van der Waals surface area contributed by atoms with E-state index in [-0.39, 0.29) is 6.10 Å². The zero-order valence-corrected chi connectivity index (χ0v) is 11.4. The van der Waals surface area contributed by atoms with Crippen LogP contribution in [-0.4, -0.2) is 86.7 Å². The average molecular weight is 258 g/mol. The third-order valence-corrected chi connectivity index (χ3v) is 3.91. The van der Waals surface area contributed by atoms with Gasteiger partial charge in [0.25, 0.3) is 0 Å². The van der Waals surface area contributed by atoms with Crippen LogP contribution in [0.3, 0.4) is 0 Å². The first-order valence-electron chi connectivity index (χ1n) is 7.01. The lowest BCUT2D eigenvalue weighted by Crippen LogP contribution is -2.46. The number of hydrogen-bond acceptors (Lipinski definition) is 5. The van der Waals surface area contributed by atoms with Crippen LogP contribution >= 0.6 is 0 Å². The van der Waals surface area contributed by atoms with E-state index in [4.69, 9.17) is 9.47 Å². The maximum Gasteiger partial charge on any atom is 0.0793 e. The number of ether oxygens (including phenoxy) is 2.